The lowest BCUT2D eigenvalue weighted by Crippen LogP contribution is -2.42. The number of amides is 1. The number of furan rings is 1. The number of carbonyl (C=O) groups excluding carboxylic acids is 1. The van der Waals surface area contributed by atoms with Crippen LogP contribution in [0.4, 0.5) is 0 Å². The zero-order valence-electron chi connectivity index (χ0n) is 15.1. The van der Waals surface area contributed by atoms with E-state index in [2.05, 4.69) is 17.4 Å². The summed E-state index contributed by atoms with van der Waals surface area (Å²) in [5, 5.41) is 13.9. The lowest BCUT2D eigenvalue weighted by Gasteiger charge is -2.26. The third-order valence-corrected chi connectivity index (χ3v) is 5.18. The summed E-state index contributed by atoms with van der Waals surface area (Å²) < 4.78 is 5.40. The molecule has 1 heterocycles. The predicted octanol–water partition coefficient (Wildman–Crippen LogP) is 3.90. The highest BCUT2D eigenvalue weighted by atomic mass is 16.4. The molecule has 2 aromatic carbocycles. The number of aliphatic hydroxyl groups is 1. The number of rotatable bonds is 7. The molecule has 1 aliphatic rings. The molecular weight excluding hydrogens is 338 g/mol. The maximum absolute atomic E-state index is 12.4. The molecule has 0 radical (unpaired) electrons. The second-order valence-corrected chi connectivity index (χ2v) is 7.19. The van der Waals surface area contributed by atoms with Crippen LogP contribution in [0, 0.1) is 5.92 Å². The molecule has 0 saturated heterocycles. The maximum Gasteiger partial charge on any atom is 0.224 e. The van der Waals surface area contributed by atoms with Crippen LogP contribution in [-0.2, 0) is 16.8 Å². The van der Waals surface area contributed by atoms with Crippen LogP contribution in [0.3, 0.4) is 0 Å². The minimum Gasteiger partial charge on any atom is -0.466 e. The summed E-state index contributed by atoms with van der Waals surface area (Å²) in [4.78, 5) is 12.4. The third kappa shape index (κ3) is 3.96. The van der Waals surface area contributed by atoms with Crippen molar-refractivity contribution >= 4 is 5.91 Å². The molecule has 4 rings (SSSR count). The van der Waals surface area contributed by atoms with E-state index in [1.54, 1.807) is 18.4 Å². The van der Waals surface area contributed by atoms with Gasteiger partial charge in [0.2, 0.25) is 5.91 Å². The predicted molar refractivity (Wildman–Crippen MR) is 104 cm³/mol. The molecule has 1 aromatic heterocycles. The van der Waals surface area contributed by atoms with Gasteiger partial charge in [-0.3, -0.25) is 4.79 Å². The van der Waals surface area contributed by atoms with E-state index in [-0.39, 0.29) is 24.8 Å². The second-order valence-electron chi connectivity index (χ2n) is 7.19. The zero-order chi connectivity index (χ0) is 18.7. The number of carbonyl (C=O) groups is 1. The topological polar surface area (TPSA) is 62.5 Å². The first-order chi connectivity index (χ1) is 13.1. The number of hydrogen-bond acceptors (Lipinski definition) is 3. The standard InChI is InChI=1S/C23H23NO3/c25-22(24-16-23(26,20-12-13-20)21-7-4-14-27-21)15-17-8-10-19(11-9-17)18-5-2-1-3-6-18/h1-11,14,20,26H,12-13,15-16H2,(H,24,25). The average Bonchev–Trinajstić information content (AvgIpc) is 3.42. The molecule has 0 aliphatic heterocycles. The summed E-state index contributed by atoms with van der Waals surface area (Å²) in [5.41, 5.74) is 2.11. The molecule has 4 heteroatoms. The minimum absolute atomic E-state index is 0.104. The molecule has 1 atom stereocenters. The quantitative estimate of drug-likeness (QED) is 0.671. The lowest BCUT2D eigenvalue weighted by atomic mass is 9.94. The van der Waals surface area contributed by atoms with Crippen molar-refractivity contribution in [2.45, 2.75) is 24.9 Å². The Hall–Kier alpha value is -2.85. The van der Waals surface area contributed by atoms with Gasteiger partial charge in [0.05, 0.1) is 19.2 Å². The molecule has 0 bridgehead atoms. The van der Waals surface area contributed by atoms with Gasteiger partial charge in [-0.2, -0.15) is 0 Å². The molecule has 1 saturated carbocycles. The van der Waals surface area contributed by atoms with Crippen molar-refractivity contribution < 1.29 is 14.3 Å². The van der Waals surface area contributed by atoms with E-state index in [4.69, 9.17) is 4.42 Å². The minimum atomic E-state index is -1.11. The van der Waals surface area contributed by atoms with Crippen LogP contribution >= 0.6 is 0 Å². The fraction of sp³-hybridized carbons (Fsp3) is 0.261. The largest absolute Gasteiger partial charge is 0.466 e. The van der Waals surface area contributed by atoms with Gasteiger partial charge in [0, 0.05) is 0 Å². The Morgan fingerprint density at radius 2 is 1.70 bits per heavy atom. The Balaban J connectivity index is 1.37. The van der Waals surface area contributed by atoms with Crippen molar-refractivity contribution in [3.05, 3.63) is 84.3 Å². The van der Waals surface area contributed by atoms with Crippen LogP contribution in [0.15, 0.2) is 77.4 Å². The fourth-order valence-electron chi connectivity index (χ4n) is 3.45. The summed E-state index contributed by atoms with van der Waals surface area (Å²) in [7, 11) is 0. The highest BCUT2D eigenvalue weighted by molar-refractivity contribution is 5.79. The Kier molecular flexibility index (Phi) is 4.82. The van der Waals surface area contributed by atoms with Crippen molar-refractivity contribution in [3.8, 4) is 11.1 Å². The van der Waals surface area contributed by atoms with E-state index >= 15 is 0 Å². The van der Waals surface area contributed by atoms with Crippen molar-refractivity contribution in [1.82, 2.24) is 5.32 Å². The molecular formula is C23H23NO3. The van der Waals surface area contributed by atoms with Crippen molar-refractivity contribution in [2.75, 3.05) is 6.54 Å². The highest BCUT2D eigenvalue weighted by Gasteiger charge is 2.47. The van der Waals surface area contributed by atoms with Gasteiger partial charge in [-0.1, -0.05) is 54.6 Å². The molecule has 2 N–H and O–H groups in total. The van der Waals surface area contributed by atoms with Gasteiger partial charge in [0.1, 0.15) is 11.4 Å². The Labute approximate surface area is 158 Å². The van der Waals surface area contributed by atoms with E-state index in [1.807, 2.05) is 42.5 Å². The molecule has 27 heavy (non-hydrogen) atoms. The molecule has 1 unspecified atom stereocenters. The molecule has 4 nitrogen and oxygen atoms in total. The summed E-state index contributed by atoms with van der Waals surface area (Å²) in [6.07, 6.45) is 3.74. The second kappa shape index (κ2) is 7.41. The molecule has 0 spiro atoms. The van der Waals surface area contributed by atoms with Gasteiger partial charge in [-0.25, -0.2) is 0 Å². The van der Waals surface area contributed by atoms with Crippen LogP contribution in [0.1, 0.15) is 24.2 Å². The SMILES string of the molecule is O=C(Cc1ccc(-c2ccccc2)cc1)NCC(O)(c1ccco1)C1CC1. The van der Waals surface area contributed by atoms with Crippen LogP contribution in [0.5, 0.6) is 0 Å². The lowest BCUT2D eigenvalue weighted by molar-refractivity contribution is -0.122. The van der Waals surface area contributed by atoms with E-state index in [9.17, 15) is 9.90 Å². The average molecular weight is 361 g/mol. The van der Waals surface area contributed by atoms with E-state index in [1.165, 1.54) is 0 Å². The first-order valence-electron chi connectivity index (χ1n) is 9.32. The first kappa shape index (κ1) is 17.6. The van der Waals surface area contributed by atoms with E-state index < -0.39 is 5.60 Å². The van der Waals surface area contributed by atoms with Gasteiger partial charge < -0.3 is 14.8 Å². The molecule has 1 fully saturated rings. The van der Waals surface area contributed by atoms with Gasteiger partial charge >= 0.3 is 0 Å². The molecule has 3 aromatic rings. The van der Waals surface area contributed by atoms with E-state index in [0.29, 0.717) is 5.76 Å². The van der Waals surface area contributed by atoms with Gasteiger partial charge in [0.25, 0.3) is 0 Å². The fourth-order valence-corrected chi connectivity index (χ4v) is 3.45. The van der Waals surface area contributed by atoms with E-state index in [0.717, 1.165) is 29.5 Å². The Morgan fingerprint density at radius 1 is 1.00 bits per heavy atom. The number of nitrogens with one attached hydrogen (secondary N) is 1. The highest BCUT2D eigenvalue weighted by Crippen LogP contribution is 2.45. The van der Waals surface area contributed by atoms with Crippen molar-refractivity contribution in [2.24, 2.45) is 5.92 Å². The monoisotopic (exact) mass is 361 g/mol. The summed E-state index contributed by atoms with van der Waals surface area (Å²) >= 11 is 0. The molecule has 1 amide bonds. The van der Waals surface area contributed by atoms with Crippen molar-refractivity contribution in [3.63, 3.8) is 0 Å². The number of hydrogen-bond donors (Lipinski definition) is 2. The summed E-state index contributed by atoms with van der Waals surface area (Å²) in [6.45, 7) is 0.173. The normalized spacial score (nSPS) is 15.9. The van der Waals surface area contributed by atoms with Crippen LogP contribution < -0.4 is 5.32 Å². The summed E-state index contributed by atoms with van der Waals surface area (Å²) in [6, 6.07) is 21.7. The van der Waals surface area contributed by atoms with Crippen LogP contribution in [-0.4, -0.2) is 17.6 Å². The maximum atomic E-state index is 12.4. The molecule has 138 valence electrons. The van der Waals surface area contributed by atoms with Gasteiger partial charge in [-0.05, 0) is 47.6 Å². The van der Waals surface area contributed by atoms with Gasteiger partial charge in [0.15, 0.2) is 0 Å². The summed E-state index contributed by atoms with van der Waals surface area (Å²) in [5.74, 6) is 0.569. The first-order valence-corrected chi connectivity index (χ1v) is 9.32. The third-order valence-electron chi connectivity index (χ3n) is 5.18. The van der Waals surface area contributed by atoms with Crippen molar-refractivity contribution in [1.29, 1.82) is 0 Å². The molecule has 1 aliphatic carbocycles. The van der Waals surface area contributed by atoms with Crippen LogP contribution in [0.25, 0.3) is 11.1 Å². The van der Waals surface area contributed by atoms with Gasteiger partial charge in [-0.15, -0.1) is 0 Å². The smallest absolute Gasteiger partial charge is 0.224 e. The Morgan fingerprint density at radius 3 is 2.33 bits per heavy atom. The zero-order valence-corrected chi connectivity index (χ0v) is 15.1. The number of benzene rings is 2. The Bertz CT molecular complexity index is 883. The van der Waals surface area contributed by atoms with Crippen LogP contribution in [0.2, 0.25) is 0 Å².